The number of hydrazine groups is 1. The highest BCUT2D eigenvalue weighted by molar-refractivity contribution is 7.91. The quantitative estimate of drug-likeness (QED) is 0.749. The monoisotopic (exact) mass is 382 g/mol. The van der Waals surface area contributed by atoms with Gasteiger partial charge in [-0.1, -0.05) is 30.3 Å². The predicted octanol–water partition coefficient (Wildman–Crippen LogP) is 0.974. The Bertz CT molecular complexity index is 1020. The molecule has 1 atom stereocenters. The van der Waals surface area contributed by atoms with Crippen LogP contribution >= 0.6 is 0 Å². The number of sulfone groups is 1. The van der Waals surface area contributed by atoms with E-state index in [4.69, 9.17) is 0 Å². The molecule has 25 heavy (non-hydrogen) atoms. The van der Waals surface area contributed by atoms with Gasteiger partial charge < -0.3 is 0 Å². The Balaban J connectivity index is 1.63. The zero-order chi connectivity index (χ0) is 18.1. The van der Waals surface area contributed by atoms with E-state index in [2.05, 4.69) is 10.3 Å². The van der Waals surface area contributed by atoms with E-state index in [9.17, 15) is 21.6 Å². The summed E-state index contributed by atoms with van der Waals surface area (Å²) in [6.45, 7) is 0. The second-order valence-electron chi connectivity index (χ2n) is 6.14. The van der Waals surface area contributed by atoms with Crippen LogP contribution in [0.1, 0.15) is 12.8 Å². The summed E-state index contributed by atoms with van der Waals surface area (Å²) in [6, 6.07) is 12.0. The molecule has 1 heterocycles. The molecule has 1 amide bonds. The van der Waals surface area contributed by atoms with Crippen molar-refractivity contribution in [2.75, 3.05) is 11.5 Å². The number of amides is 1. The van der Waals surface area contributed by atoms with E-state index in [0.717, 1.165) is 10.8 Å². The molecular formula is C16H18N2O5S2. The third-order valence-electron chi connectivity index (χ3n) is 4.16. The number of sulfonamides is 1. The molecule has 0 radical (unpaired) electrons. The summed E-state index contributed by atoms with van der Waals surface area (Å²) >= 11 is 0. The molecule has 0 aliphatic carbocycles. The van der Waals surface area contributed by atoms with Crippen LogP contribution in [-0.4, -0.2) is 34.2 Å². The smallest absolute Gasteiger partial charge is 0.257 e. The minimum Gasteiger partial charge on any atom is -0.278 e. The van der Waals surface area contributed by atoms with Gasteiger partial charge in [-0.2, -0.15) is 0 Å². The van der Waals surface area contributed by atoms with Gasteiger partial charge in [0.15, 0.2) is 9.84 Å². The van der Waals surface area contributed by atoms with Crippen molar-refractivity contribution in [2.24, 2.45) is 5.92 Å². The molecule has 7 nitrogen and oxygen atoms in total. The number of rotatable bonds is 5. The second-order valence-corrected chi connectivity index (χ2v) is 10.0. The van der Waals surface area contributed by atoms with E-state index in [0.29, 0.717) is 6.42 Å². The van der Waals surface area contributed by atoms with Gasteiger partial charge in [-0.3, -0.25) is 10.2 Å². The lowest BCUT2D eigenvalue weighted by molar-refractivity contribution is -0.122. The second kappa shape index (κ2) is 6.74. The molecule has 9 heteroatoms. The van der Waals surface area contributed by atoms with E-state index in [1.54, 1.807) is 12.1 Å². The van der Waals surface area contributed by atoms with Crippen LogP contribution in [0.4, 0.5) is 0 Å². The molecule has 2 aromatic rings. The SMILES string of the molecule is O=C(C[C@@H]1CCS(=O)(=O)C1)NNS(=O)(=O)c1ccc2ccccc2c1. The van der Waals surface area contributed by atoms with Crippen molar-refractivity contribution in [2.45, 2.75) is 17.7 Å². The van der Waals surface area contributed by atoms with Crippen LogP contribution in [0.25, 0.3) is 10.8 Å². The number of carbonyl (C=O) groups excluding carboxylic acids is 1. The molecule has 0 aromatic heterocycles. The van der Waals surface area contributed by atoms with Gasteiger partial charge in [-0.05, 0) is 35.2 Å². The average molecular weight is 382 g/mol. The number of benzene rings is 2. The van der Waals surface area contributed by atoms with Gasteiger partial charge in [0.05, 0.1) is 16.4 Å². The molecule has 2 N–H and O–H groups in total. The molecule has 1 fully saturated rings. The highest BCUT2D eigenvalue weighted by Crippen LogP contribution is 2.21. The number of fused-ring (bicyclic) bond motifs is 1. The van der Waals surface area contributed by atoms with Crippen molar-refractivity contribution in [1.29, 1.82) is 0 Å². The minimum absolute atomic E-state index is 0.0283. The van der Waals surface area contributed by atoms with Crippen molar-refractivity contribution < 1.29 is 21.6 Å². The molecule has 0 saturated carbocycles. The van der Waals surface area contributed by atoms with Gasteiger partial charge in [0.1, 0.15) is 0 Å². The fourth-order valence-electron chi connectivity index (χ4n) is 2.86. The van der Waals surface area contributed by atoms with E-state index in [-0.39, 0.29) is 28.7 Å². The highest BCUT2D eigenvalue weighted by atomic mass is 32.2. The van der Waals surface area contributed by atoms with Gasteiger partial charge in [0.2, 0.25) is 5.91 Å². The van der Waals surface area contributed by atoms with Gasteiger partial charge >= 0.3 is 0 Å². The molecule has 134 valence electrons. The first kappa shape index (κ1) is 17.8. The summed E-state index contributed by atoms with van der Waals surface area (Å²) in [5.41, 5.74) is 2.15. The molecular weight excluding hydrogens is 364 g/mol. The van der Waals surface area contributed by atoms with E-state index >= 15 is 0 Å². The fourth-order valence-corrected chi connectivity index (χ4v) is 5.62. The molecule has 3 rings (SSSR count). The average Bonchev–Trinajstić information content (AvgIpc) is 2.91. The largest absolute Gasteiger partial charge is 0.278 e. The highest BCUT2D eigenvalue weighted by Gasteiger charge is 2.29. The standard InChI is InChI=1S/C16H18N2O5S2/c19-16(9-12-7-8-24(20,21)11-12)17-18-25(22,23)15-6-5-13-3-1-2-4-14(13)10-15/h1-6,10,12,18H,7-9,11H2,(H,17,19)/t12-/m0/s1. The maximum Gasteiger partial charge on any atom is 0.257 e. The van der Waals surface area contributed by atoms with Crippen LogP contribution in [0.3, 0.4) is 0 Å². The minimum atomic E-state index is -3.90. The van der Waals surface area contributed by atoms with Crippen LogP contribution in [0.5, 0.6) is 0 Å². The Morgan fingerprint density at radius 3 is 2.52 bits per heavy atom. The number of hydrogen-bond acceptors (Lipinski definition) is 5. The maximum absolute atomic E-state index is 12.3. The molecule has 2 aromatic carbocycles. The third-order valence-corrected chi connectivity index (χ3v) is 7.24. The zero-order valence-corrected chi connectivity index (χ0v) is 14.9. The van der Waals surface area contributed by atoms with Crippen molar-refractivity contribution >= 4 is 36.5 Å². The van der Waals surface area contributed by atoms with Gasteiger partial charge in [-0.25, -0.2) is 16.8 Å². The summed E-state index contributed by atoms with van der Waals surface area (Å²) in [7, 11) is -6.97. The molecule has 1 aliphatic heterocycles. The van der Waals surface area contributed by atoms with Crippen molar-refractivity contribution in [3.8, 4) is 0 Å². The molecule has 1 aliphatic rings. The lowest BCUT2D eigenvalue weighted by Crippen LogP contribution is -2.42. The summed E-state index contributed by atoms with van der Waals surface area (Å²) in [4.78, 5) is 14.0. The van der Waals surface area contributed by atoms with Crippen LogP contribution in [0.2, 0.25) is 0 Å². The fraction of sp³-hybridized carbons (Fsp3) is 0.312. The van der Waals surface area contributed by atoms with E-state index in [1.807, 2.05) is 18.2 Å². The first-order chi connectivity index (χ1) is 11.8. The lowest BCUT2D eigenvalue weighted by Gasteiger charge is -2.11. The number of hydrogen-bond donors (Lipinski definition) is 2. The number of nitrogens with one attached hydrogen (secondary N) is 2. The first-order valence-corrected chi connectivity index (χ1v) is 11.1. The molecule has 1 saturated heterocycles. The van der Waals surface area contributed by atoms with Crippen molar-refractivity contribution in [1.82, 2.24) is 10.3 Å². The van der Waals surface area contributed by atoms with Gasteiger partial charge in [0.25, 0.3) is 10.0 Å². The number of carbonyl (C=O) groups is 1. The Labute approximate surface area is 146 Å². The summed E-state index contributed by atoms with van der Waals surface area (Å²) in [5, 5.41) is 1.68. The Morgan fingerprint density at radius 1 is 1.12 bits per heavy atom. The molecule has 0 unspecified atom stereocenters. The predicted molar refractivity (Wildman–Crippen MR) is 93.8 cm³/mol. The Hall–Kier alpha value is -1.97. The normalized spacial score (nSPS) is 19.8. The van der Waals surface area contributed by atoms with Crippen LogP contribution in [-0.2, 0) is 24.7 Å². The van der Waals surface area contributed by atoms with Crippen LogP contribution < -0.4 is 10.3 Å². The zero-order valence-electron chi connectivity index (χ0n) is 13.3. The summed E-state index contributed by atoms with van der Waals surface area (Å²) in [5.74, 6) is -0.771. The van der Waals surface area contributed by atoms with Crippen molar-refractivity contribution in [3.63, 3.8) is 0 Å². The molecule has 0 spiro atoms. The molecule has 0 bridgehead atoms. The lowest BCUT2D eigenvalue weighted by atomic mass is 10.1. The summed E-state index contributed by atoms with van der Waals surface area (Å²) in [6.07, 6.45) is 0.395. The third kappa shape index (κ3) is 4.36. The topological polar surface area (TPSA) is 109 Å². The summed E-state index contributed by atoms with van der Waals surface area (Å²) < 4.78 is 47.4. The maximum atomic E-state index is 12.3. The van der Waals surface area contributed by atoms with Crippen molar-refractivity contribution in [3.05, 3.63) is 42.5 Å². The van der Waals surface area contributed by atoms with E-state index in [1.165, 1.54) is 12.1 Å². The van der Waals surface area contributed by atoms with Gasteiger partial charge in [0, 0.05) is 6.42 Å². The Kier molecular flexibility index (Phi) is 4.81. The Morgan fingerprint density at radius 2 is 1.84 bits per heavy atom. The van der Waals surface area contributed by atoms with Crippen LogP contribution in [0, 0.1) is 5.92 Å². The van der Waals surface area contributed by atoms with E-state index < -0.39 is 25.8 Å². The first-order valence-electron chi connectivity index (χ1n) is 7.75. The van der Waals surface area contributed by atoms with Gasteiger partial charge in [-0.15, -0.1) is 4.83 Å². The van der Waals surface area contributed by atoms with Crippen LogP contribution in [0.15, 0.2) is 47.4 Å².